The molecule has 3 rings (SSSR count). The first-order chi connectivity index (χ1) is 11.4. The summed E-state index contributed by atoms with van der Waals surface area (Å²) in [5.74, 6) is 0.0448. The molecular weight excluding hydrogens is 326 g/mol. The Kier molecular flexibility index (Phi) is 4.11. The number of hydrogen-bond donors (Lipinski definition) is 1. The molecule has 0 saturated heterocycles. The molecule has 0 aliphatic heterocycles. The van der Waals surface area contributed by atoms with Gasteiger partial charge in [0.15, 0.2) is 4.96 Å². The summed E-state index contributed by atoms with van der Waals surface area (Å²) in [6.45, 7) is 5.52. The van der Waals surface area contributed by atoms with Crippen LogP contribution in [0.1, 0.15) is 26.6 Å². The van der Waals surface area contributed by atoms with Gasteiger partial charge in [0.1, 0.15) is 11.4 Å². The van der Waals surface area contributed by atoms with Gasteiger partial charge >= 0.3 is 0 Å². The van der Waals surface area contributed by atoms with Crippen LogP contribution in [0.5, 0.6) is 5.75 Å². The number of fused-ring (bicyclic) bond motifs is 1. The van der Waals surface area contributed by atoms with Crippen LogP contribution >= 0.6 is 11.3 Å². The smallest absolute Gasteiger partial charge is 0.282 e. The molecular formula is C17H17N3O3S. The zero-order valence-electron chi connectivity index (χ0n) is 13.8. The van der Waals surface area contributed by atoms with Crippen molar-refractivity contribution in [1.82, 2.24) is 9.38 Å². The largest absolute Gasteiger partial charge is 0.496 e. The van der Waals surface area contributed by atoms with Crippen molar-refractivity contribution in [3.8, 4) is 5.75 Å². The lowest BCUT2D eigenvalue weighted by Gasteiger charge is -2.10. The highest BCUT2D eigenvalue weighted by molar-refractivity contribution is 7.17. The number of para-hydroxylation sites is 1. The van der Waals surface area contributed by atoms with E-state index in [0.29, 0.717) is 22.0 Å². The number of amides is 1. The highest BCUT2D eigenvalue weighted by atomic mass is 32.1. The minimum Gasteiger partial charge on any atom is -0.496 e. The molecule has 24 heavy (non-hydrogen) atoms. The fourth-order valence-corrected chi connectivity index (χ4v) is 3.50. The number of nitrogens with one attached hydrogen (secondary N) is 1. The third kappa shape index (κ3) is 2.56. The lowest BCUT2D eigenvalue weighted by molar-refractivity contribution is 0.102. The van der Waals surface area contributed by atoms with Gasteiger partial charge in [-0.25, -0.2) is 4.98 Å². The quantitative estimate of drug-likeness (QED) is 0.793. The van der Waals surface area contributed by atoms with Gasteiger partial charge in [0.25, 0.3) is 11.5 Å². The van der Waals surface area contributed by atoms with Gasteiger partial charge in [0.2, 0.25) is 0 Å². The fraction of sp³-hybridized carbons (Fsp3) is 0.235. The topological polar surface area (TPSA) is 72.7 Å². The molecule has 2 heterocycles. The van der Waals surface area contributed by atoms with Gasteiger partial charge in [-0.15, -0.1) is 11.3 Å². The van der Waals surface area contributed by atoms with Crippen LogP contribution < -0.4 is 15.6 Å². The van der Waals surface area contributed by atoms with E-state index in [9.17, 15) is 9.59 Å². The summed E-state index contributed by atoms with van der Waals surface area (Å²) in [4.78, 5) is 31.4. The second kappa shape index (κ2) is 6.09. The summed E-state index contributed by atoms with van der Waals surface area (Å²) in [5, 5.41) is 2.69. The second-order valence-corrected chi connectivity index (χ2v) is 6.58. The molecule has 0 fully saturated rings. The third-order valence-electron chi connectivity index (χ3n) is 3.91. The number of carbonyl (C=O) groups excluding carboxylic acids is 1. The van der Waals surface area contributed by atoms with E-state index < -0.39 is 5.91 Å². The number of ether oxygens (including phenoxy) is 1. The first kappa shape index (κ1) is 16.2. The first-order valence-corrected chi connectivity index (χ1v) is 8.19. The van der Waals surface area contributed by atoms with Gasteiger partial charge in [-0.3, -0.25) is 14.0 Å². The molecule has 1 N–H and O–H groups in total. The highest BCUT2D eigenvalue weighted by Crippen LogP contribution is 2.22. The summed E-state index contributed by atoms with van der Waals surface area (Å²) in [6, 6.07) is 6.86. The summed E-state index contributed by atoms with van der Waals surface area (Å²) in [5.41, 5.74) is 1.60. The van der Waals surface area contributed by atoms with E-state index in [4.69, 9.17) is 4.74 Å². The summed E-state index contributed by atoms with van der Waals surface area (Å²) in [6.07, 6.45) is 0. The zero-order valence-corrected chi connectivity index (χ0v) is 14.7. The summed E-state index contributed by atoms with van der Waals surface area (Å²) < 4.78 is 6.73. The SMILES string of the molecule is COc1ccccc1C(=O)Nc1c(C)nc2sc(C)c(C)n2c1=O. The molecule has 0 atom stereocenters. The molecule has 3 aromatic rings. The number of rotatable bonds is 3. The predicted molar refractivity (Wildman–Crippen MR) is 94.5 cm³/mol. The van der Waals surface area contributed by atoms with Crippen LogP contribution in [-0.4, -0.2) is 22.4 Å². The van der Waals surface area contributed by atoms with Crippen LogP contribution in [0, 0.1) is 20.8 Å². The number of aryl methyl sites for hydroxylation is 3. The second-order valence-electron chi connectivity index (χ2n) is 5.39. The van der Waals surface area contributed by atoms with E-state index in [1.54, 1.807) is 31.2 Å². The molecule has 0 radical (unpaired) electrons. The molecule has 0 saturated carbocycles. The summed E-state index contributed by atoms with van der Waals surface area (Å²) >= 11 is 1.46. The third-order valence-corrected chi connectivity index (χ3v) is 4.97. The molecule has 0 unspecified atom stereocenters. The van der Waals surface area contributed by atoms with E-state index in [1.165, 1.54) is 22.8 Å². The Labute approximate surface area is 142 Å². The number of benzene rings is 1. The Morgan fingerprint density at radius 2 is 1.96 bits per heavy atom. The van der Waals surface area contributed by atoms with Crippen molar-refractivity contribution in [1.29, 1.82) is 0 Å². The van der Waals surface area contributed by atoms with E-state index in [-0.39, 0.29) is 11.2 Å². The number of methoxy groups -OCH3 is 1. The number of aromatic nitrogens is 2. The van der Waals surface area contributed by atoms with E-state index >= 15 is 0 Å². The standard InChI is InChI=1S/C17H17N3O3S/c1-9-14(16(22)20-10(2)11(3)24-17(20)18-9)19-15(21)12-7-5-6-8-13(12)23-4/h5-8H,1-4H3,(H,19,21). The number of thiazole rings is 1. The molecule has 0 aliphatic rings. The van der Waals surface area contributed by atoms with Crippen molar-refractivity contribution < 1.29 is 9.53 Å². The average molecular weight is 343 g/mol. The Morgan fingerprint density at radius 1 is 1.25 bits per heavy atom. The molecule has 1 amide bonds. The lowest BCUT2D eigenvalue weighted by atomic mass is 10.2. The Bertz CT molecular complexity index is 1000. The van der Waals surface area contributed by atoms with Crippen LogP contribution in [0.15, 0.2) is 29.1 Å². The van der Waals surface area contributed by atoms with Gasteiger partial charge in [-0.2, -0.15) is 0 Å². The molecule has 1 aromatic carbocycles. The van der Waals surface area contributed by atoms with Gasteiger partial charge in [-0.05, 0) is 32.9 Å². The van der Waals surface area contributed by atoms with Crippen LogP contribution in [0.2, 0.25) is 0 Å². The van der Waals surface area contributed by atoms with Crippen LogP contribution in [0.4, 0.5) is 5.69 Å². The maximum absolute atomic E-state index is 12.8. The molecule has 0 bridgehead atoms. The van der Waals surface area contributed by atoms with Gasteiger partial charge in [0.05, 0.1) is 18.4 Å². The van der Waals surface area contributed by atoms with Gasteiger partial charge in [0, 0.05) is 10.6 Å². The van der Waals surface area contributed by atoms with Gasteiger partial charge < -0.3 is 10.1 Å². The minimum atomic E-state index is -0.404. The number of hydrogen-bond acceptors (Lipinski definition) is 5. The van der Waals surface area contributed by atoms with Crippen molar-refractivity contribution in [2.75, 3.05) is 12.4 Å². The van der Waals surface area contributed by atoms with Crippen LogP contribution in [0.3, 0.4) is 0 Å². The van der Waals surface area contributed by atoms with Crippen molar-refractivity contribution >= 4 is 27.9 Å². The van der Waals surface area contributed by atoms with Crippen molar-refractivity contribution in [2.45, 2.75) is 20.8 Å². The number of carbonyl (C=O) groups is 1. The monoisotopic (exact) mass is 343 g/mol. The zero-order chi connectivity index (χ0) is 17.4. The molecule has 0 aliphatic carbocycles. The lowest BCUT2D eigenvalue weighted by Crippen LogP contribution is -2.25. The molecule has 2 aromatic heterocycles. The summed E-state index contributed by atoms with van der Waals surface area (Å²) in [7, 11) is 1.50. The maximum Gasteiger partial charge on any atom is 0.282 e. The van der Waals surface area contributed by atoms with Crippen LogP contribution in [0.25, 0.3) is 4.96 Å². The van der Waals surface area contributed by atoms with Crippen LogP contribution in [-0.2, 0) is 0 Å². The van der Waals surface area contributed by atoms with Crippen molar-refractivity contribution in [3.63, 3.8) is 0 Å². The first-order valence-electron chi connectivity index (χ1n) is 7.37. The molecule has 6 nitrogen and oxygen atoms in total. The Balaban J connectivity index is 2.09. The number of anilines is 1. The molecule has 124 valence electrons. The van der Waals surface area contributed by atoms with Crippen molar-refractivity contribution in [3.05, 3.63) is 56.4 Å². The Morgan fingerprint density at radius 3 is 2.67 bits per heavy atom. The van der Waals surface area contributed by atoms with E-state index in [2.05, 4.69) is 10.3 Å². The molecule has 0 spiro atoms. The molecule has 7 heteroatoms. The minimum absolute atomic E-state index is 0.185. The average Bonchev–Trinajstić information content (AvgIpc) is 2.85. The normalized spacial score (nSPS) is 10.8. The number of nitrogens with zero attached hydrogens (tertiary/aromatic N) is 2. The maximum atomic E-state index is 12.8. The van der Waals surface area contributed by atoms with Crippen molar-refractivity contribution in [2.24, 2.45) is 0 Å². The fourth-order valence-electron chi connectivity index (χ4n) is 2.49. The van der Waals surface area contributed by atoms with E-state index in [0.717, 1.165) is 10.6 Å². The predicted octanol–water partition coefficient (Wildman–Crippen LogP) is 2.94. The Hall–Kier alpha value is -2.67. The highest BCUT2D eigenvalue weighted by Gasteiger charge is 2.18. The van der Waals surface area contributed by atoms with E-state index in [1.807, 2.05) is 13.8 Å². The van der Waals surface area contributed by atoms with Gasteiger partial charge in [-0.1, -0.05) is 12.1 Å².